The van der Waals surface area contributed by atoms with Gasteiger partial charge in [-0.3, -0.25) is 4.57 Å². The molecule has 1 aromatic carbocycles. The molecular weight excluding hydrogens is 317 g/mol. The highest BCUT2D eigenvalue weighted by molar-refractivity contribution is 8.13. The van der Waals surface area contributed by atoms with Crippen molar-refractivity contribution in [1.82, 2.24) is 14.8 Å². The Labute approximate surface area is 127 Å². The molecule has 0 aliphatic carbocycles. The van der Waals surface area contributed by atoms with Gasteiger partial charge in [-0.05, 0) is 30.5 Å². The van der Waals surface area contributed by atoms with Crippen molar-refractivity contribution in [2.75, 3.05) is 0 Å². The van der Waals surface area contributed by atoms with Crippen LogP contribution in [0.4, 0.5) is 4.39 Å². The van der Waals surface area contributed by atoms with Gasteiger partial charge in [0, 0.05) is 22.8 Å². The number of halogens is 2. The third kappa shape index (κ3) is 3.41. The molecule has 0 aliphatic heterocycles. The maximum absolute atomic E-state index is 13.5. The van der Waals surface area contributed by atoms with Crippen LogP contribution in [0, 0.1) is 18.7 Å². The van der Waals surface area contributed by atoms with Crippen LogP contribution in [0.3, 0.4) is 0 Å². The number of hydrogen-bond donors (Lipinski definition) is 0. The van der Waals surface area contributed by atoms with Crippen molar-refractivity contribution in [2.45, 2.75) is 32.5 Å². The third-order valence-corrected chi connectivity index (χ3v) is 4.08. The van der Waals surface area contributed by atoms with Crippen LogP contribution in [0.25, 0.3) is 11.4 Å². The normalized spacial score (nSPS) is 12.1. The molecule has 0 amide bonds. The average molecular weight is 332 g/mol. The van der Waals surface area contributed by atoms with Crippen molar-refractivity contribution in [3.63, 3.8) is 0 Å². The predicted octanol–water partition coefficient (Wildman–Crippen LogP) is 2.98. The van der Waals surface area contributed by atoms with Gasteiger partial charge in [0.2, 0.25) is 0 Å². The van der Waals surface area contributed by atoms with Crippen molar-refractivity contribution in [1.29, 1.82) is 0 Å². The monoisotopic (exact) mass is 331 g/mol. The summed E-state index contributed by atoms with van der Waals surface area (Å²) >= 11 is 0. The molecule has 0 saturated carbocycles. The molecule has 0 atom stereocenters. The van der Waals surface area contributed by atoms with Gasteiger partial charge in [0.05, 0.1) is 0 Å². The third-order valence-electron chi connectivity index (χ3n) is 2.92. The molecule has 5 nitrogen and oxygen atoms in total. The SMILES string of the molecule is Cc1ccc(F)cc1-c1nnc(S(=O)(=O)Cl)n1CC(C)C. The Balaban J connectivity index is 2.69. The second kappa shape index (κ2) is 5.73. The lowest BCUT2D eigenvalue weighted by Gasteiger charge is -2.12. The number of aryl methyl sites for hydroxylation is 1. The van der Waals surface area contributed by atoms with Crippen LogP contribution in [0.5, 0.6) is 0 Å². The maximum atomic E-state index is 13.5. The Morgan fingerprint density at radius 1 is 1.33 bits per heavy atom. The maximum Gasteiger partial charge on any atom is 0.296 e. The lowest BCUT2D eigenvalue weighted by Crippen LogP contribution is -2.12. The summed E-state index contributed by atoms with van der Waals surface area (Å²) in [6, 6.07) is 4.25. The van der Waals surface area contributed by atoms with E-state index in [1.165, 1.54) is 16.7 Å². The fraction of sp³-hybridized carbons (Fsp3) is 0.385. The summed E-state index contributed by atoms with van der Waals surface area (Å²) in [4.78, 5) is 0. The van der Waals surface area contributed by atoms with E-state index in [2.05, 4.69) is 10.2 Å². The Morgan fingerprint density at radius 2 is 2.00 bits per heavy atom. The molecule has 8 heteroatoms. The lowest BCUT2D eigenvalue weighted by molar-refractivity contribution is 0.488. The van der Waals surface area contributed by atoms with Gasteiger partial charge in [-0.2, -0.15) is 0 Å². The largest absolute Gasteiger partial charge is 0.297 e. The van der Waals surface area contributed by atoms with E-state index in [1.54, 1.807) is 13.0 Å². The van der Waals surface area contributed by atoms with Gasteiger partial charge in [0.25, 0.3) is 14.2 Å². The van der Waals surface area contributed by atoms with Crippen LogP contribution >= 0.6 is 10.7 Å². The van der Waals surface area contributed by atoms with Crippen molar-refractivity contribution >= 4 is 19.7 Å². The van der Waals surface area contributed by atoms with E-state index in [4.69, 9.17) is 10.7 Å². The summed E-state index contributed by atoms with van der Waals surface area (Å²) < 4.78 is 38.1. The number of rotatable bonds is 4. The molecule has 1 heterocycles. The molecule has 0 bridgehead atoms. The van der Waals surface area contributed by atoms with Gasteiger partial charge >= 0.3 is 0 Å². The van der Waals surface area contributed by atoms with Gasteiger partial charge in [0.15, 0.2) is 5.82 Å². The Hall–Kier alpha value is -1.47. The smallest absolute Gasteiger partial charge is 0.296 e. The standard InChI is InChI=1S/C13H15ClFN3O2S/c1-8(2)7-18-12(16-17-13(18)21(14,19)20)11-6-10(15)5-4-9(11)3/h4-6,8H,7H2,1-3H3. The summed E-state index contributed by atoms with van der Waals surface area (Å²) in [6.45, 7) is 6.00. The van der Waals surface area contributed by atoms with E-state index in [9.17, 15) is 12.8 Å². The van der Waals surface area contributed by atoms with Crippen LogP contribution in [0.2, 0.25) is 0 Å². The molecule has 0 aliphatic rings. The summed E-state index contributed by atoms with van der Waals surface area (Å²) in [7, 11) is 1.37. The first kappa shape index (κ1) is 15.9. The van der Waals surface area contributed by atoms with Crippen LogP contribution in [-0.2, 0) is 15.6 Å². The molecule has 0 N–H and O–H groups in total. The zero-order chi connectivity index (χ0) is 15.8. The first-order valence-corrected chi connectivity index (χ1v) is 8.65. The van der Waals surface area contributed by atoms with E-state index in [0.29, 0.717) is 17.9 Å². The van der Waals surface area contributed by atoms with Gasteiger partial charge in [-0.1, -0.05) is 19.9 Å². The summed E-state index contributed by atoms with van der Waals surface area (Å²) in [5.74, 6) is 0.00989. The minimum absolute atomic E-state index is 0.144. The number of benzene rings is 1. The lowest BCUT2D eigenvalue weighted by atomic mass is 10.1. The zero-order valence-corrected chi connectivity index (χ0v) is 13.4. The molecule has 114 valence electrons. The summed E-state index contributed by atoms with van der Waals surface area (Å²) in [6.07, 6.45) is 0. The van der Waals surface area contributed by atoms with Crippen molar-refractivity contribution in [2.24, 2.45) is 5.92 Å². The van der Waals surface area contributed by atoms with E-state index in [-0.39, 0.29) is 11.1 Å². The van der Waals surface area contributed by atoms with E-state index in [0.717, 1.165) is 5.56 Å². The van der Waals surface area contributed by atoms with Crippen molar-refractivity contribution < 1.29 is 12.8 Å². The van der Waals surface area contributed by atoms with Crippen LogP contribution in [0.1, 0.15) is 19.4 Å². The quantitative estimate of drug-likeness (QED) is 0.808. The molecule has 21 heavy (non-hydrogen) atoms. The van der Waals surface area contributed by atoms with Gasteiger partial charge in [-0.25, -0.2) is 12.8 Å². The van der Waals surface area contributed by atoms with Gasteiger partial charge in [0.1, 0.15) is 5.82 Å². The van der Waals surface area contributed by atoms with E-state index in [1.807, 2.05) is 13.8 Å². The minimum atomic E-state index is -4.02. The highest BCUT2D eigenvalue weighted by Crippen LogP contribution is 2.26. The zero-order valence-electron chi connectivity index (χ0n) is 11.8. The molecule has 0 spiro atoms. The molecule has 2 rings (SSSR count). The predicted molar refractivity (Wildman–Crippen MR) is 78.0 cm³/mol. The highest BCUT2D eigenvalue weighted by Gasteiger charge is 2.24. The first-order valence-electron chi connectivity index (χ1n) is 6.34. The first-order chi connectivity index (χ1) is 9.70. The molecule has 1 aromatic heterocycles. The van der Waals surface area contributed by atoms with Gasteiger partial charge < -0.3 is 0 Å². The number of hydrogen-bond acceptors (Lipinski definition) is 4. The highest BCUT2D eigenvalue weighted by atomic mass is 35.7. The summed E-state index contributed by atoms with van der Waals surface area (Å²) in [5, 5.41) is 7.23. The van der Waals surface area contributed by atoms with E-state index >= 15 is 0 Å². The number of aromatic nitrogens is 3. The molecule has 0 saturated heterocycles. The minimum Gasteiger partial charge on any atom is -0.297 e. The Bertz CT molecular complexity index is 772. The van der Waals surface area contributed by atoms with Crippen LogP contribution in [0.15, 0.2) is 23.4 Å². The average Bonchev–Trinajstić information content (AvgIpc) is 2.74. The van der Waals surface area contributed by atoms with Crippen LogP contribution < -0.4 is 0 Å². The summed E-state index contributed by atoms with van der Waals surface area (Å²) in [5.41, 5.74) is 1.27. The molecule has 0 fully saturated rings. The van der Waals surface area contributed by atoms with E-state index < -0.39 is 14.9 Å². The number of nitrogens with zero attached hydrogens (tertiary/aromatic N) is 3. The van der Waals surface area contributed by atoms with Crippen LogP contribution in [-0.4, -0.2) is 23.2 Å². The topological polar surface area (TPSA) is 64.8 Å². The fourth-order valence-corrected chi connectivity index (χ4v) is 2.94. The van der Waals surface area contributed by atoms with Gasteiger partial charge in [-0.15, -0.1) is 10.2 Å². The molecule has 2 aromatic rings. The molecular formula is C13H15ClFN3O2S. The fourth-order valence-electron chi connectivity index (χ4n) is 2.03. The Morgan fingerprint density at radius 3 is 2.57 bits per heavy atom. The molecule has 0 radical (unpaired) electrons. The Kier molecular flexibility index (Phi) is 4.34. The van der Waals surface area contributed by atoms with Crippen molar-refractivity contribution in [3.05, 3.63) is 29.6 Å². The van der Waals surface area contributed by atoms with Crippen molar-refractivity contribution in [3.8, 4) is 11.4 Å². The molecule has 0 unspecified atom stereocenters. The second-order valence-corrected chi connectivity index (χ2v) is 7.67. The second-order valence-electron chi connectivity index (χ2n) is 5.21.